The Kier molecular flexibility index (Phi) is 5.92. The van der Waals surface area contributed by atoms with Crippen molar-refractivity contribution >= 4 is 35.1 Å². The lowest BCUT2D eigenvalue weighted by atomic mass is 9.83. The van der Waals surface area contributed by atoms with Gasteiger partial charge in [0.05, 0.1) is 31.4 Å². The molecule has 1 amide bonds. The summed E-state index contributed by atoms with van der Waals surface area (Å²) in [5, 5.41) is 15.9. The van der Waals surface area contributed by atoms with Gasteiger partial charge in [0.25, 0.3) is 0 Å². The number of amides is 1. The van der Waals surface area contributed by atoms with Gasteiger partial charge in [0, 0.05) is 22.7 Å². The van der Waals surface area contributed by atoms with Crippen LogP contribution in [0, 0.1) is 23.6 Å². The van der Waals surface area contributed by atoms with E-state index < -0.39 is 5.82 Å². The summed E-state index contributed by atoms with van der Waals surface area (Å²) in [6, 6.07) is 7.46. The Bertz CT molecular complexity index is 1010. The average molecular weight is 460 g/mol. The van der Waals surface area contributed by atoms with E-state index in [2.05, 4.69) is 20.6 Å². The SMILES string of the molecule is NC(=O)C1C2CC3SCC(OCCO)c4cccc(c4)Nc4ncc(F)c(n4)NC1C3C2. The number of primary amides is 1. The van der Waals surface area contributed by atoms with Crippen LogP contribution < -0.4 is 16.4 Å². The number of rotatable bonds is 4. The van der Waals surface area contributed by atoms with Crippen LogP contribution in [0.4, 0.5) is 21.8 Å². The molecule has 6 bridgehead atoms. The summed E-state index contributed by atoms with van der Waals surface area (Å²) < 4.78 is 20.5. The van der Waals surface area contributed by atoms with Crippen molar-refractivity contribution in [3.8, 4) is 0 Å². The Morgan fingerprint density at radius 3 is 3.06 bits per heavy atom. The fraction of sp³-hybridized carbons (Fsp3) is 0.500. The van der Waals surface area contributed by atoms with Crippen LogP contribution in [0.1, 0.15) is 24.5 Å². The van der Waals surface area contributed by atoms with Gasteiger partial charge in [-0.05, 0) is 42.4 Å². The predicted octanol–water partition coefficient (Wildman–Crippen LogP) is 2.45. The molecule has 2 saturated carbocycles. The van der Waals surface area contributed by atoms with Crippen molar-refractivity contribution in [2.75, 3.05) is 29.6 Å². The van der Waals surface area contributed by atoms with Gasteiger partial charge in [0.1, 0.15) is 0 Å². The number of hydrogen-bond acceptors (Lipinski definition) is 8. The Morgan fingerprint density at radius 2 is 2.25 bits per heavy atom. The second kappa shape index (κ2) is 8.84. The van der Waals surface area contributed by atoms with Crippen LogP contribution in [-0.4, -0.2) is 51.2 Å². The number of thioether (sulfide) groups is 1. The van der Waals surface area contributed by atoms with E-state index in [0.29, 0.717) is 11.0 Å². The zero-order valence-corrected chi connectivity index (χ0v) is 18.2. The van der Waals surface area contributed by atoms with E-state index >= 15 is 0 Å². The standard InChI is InChI=1S/C22H26FN5O3S/c23-15-9-25-22-26-13-3-1-2-11(6-13)16(31-5-4-29)10-32-17-8-12-7-14(17)19(18(12)20(24)30)27-21(15)28-22/h1-3,6,9,12,14,16-19,29H,4-5,7-8,10H2,(H2,24,30)(H2,25,26,27,28). The van der Waals surface area contributed by atoms with Crippen LogP contribution in [0.2, 0.25) is 0 Å². The van der Waals surface area contributed by atoms with Crippen LogP contribution in [0.3, 0.4) is 0 Å². The molecule has 6 atom stereocenters. The van der Waals surface area contributed by atoms with E-state index in [0.717, 1.165) is 30.3 Å². The highest BCUT2D eigenvalue weighted by Gasteiger charge is 2.55. The van der Waals surface area contributed by atoms with Crippen molar-refractivity contribution in [2.24, 2.45) is 23.5 Å². The number of aliphatic hydroxyl groups excluding tert-OH is 1. The van der Waals surface area contributed by atoms with Crippen molar-refractivity contribution in [1.82, 2.24) is 9.97 Å². The molecule has 3 aliphatic rings. The number of benzene rings is 1. The van der Waals surface area contributed by atoms with E-state index in [1.165, 1.54) is 0 Å². The number of carbonyl (C=O) groups is 1. The molecule has 2 fully saturated rings. The molecular weight excluding hydrogens is 433 g/mol. The molecule has 5 N–H and O–H groups in total. The topological polar surface area (TPSA) is 122 Å². The molecular formula is C22H26FN5O3S. The van der Waals surface area contributed by atoms with Gasteiger partial charge in [-0.3, -0.25) is 4.79 Å². The predicted molar refractivity (Wildman–Crippen MR) is 120 cm³/mol. The summed E-state index contributed by atoms with van der Waals surface area (Å²) >= 11 is 1.81. The second-order valence-electron chi connectivity index (χ2n) is 8.59. The maximum Gasteiger partial charge on any atom is 0.229 e. The Morgan fingerprint density at radius 1 is 1.38 bits per heavy atom. The van der Waals surface area contributed by atoms with Gasteiger partial charge in [-0.2, -0.15) is 16.7 Å². The van der Waals surface area contributed by atoms with Crippen molar-refractivity contribution < 1.29 is 19.0 Å². The lowest BCUT2D eigenvalue weighted by Gasteiger charge is -2.35. The summed E-state index contributed by atoms with van der Waals surface area (Å²) in [6.07, 6.45) is 2.70. The first-order valence-corrected chi connectivity index (χ1v) is 11.9. The number of ether oxygens (including phenoxy) is 1. The molecule has 1 aliphatic heterocycles. The van der Waals surface area contributed by atoms with Crippen LogP contribution >= 0.6 is 11.8 Å². The highest BCUT2D eigenvalue weighted by Crippen LogP contribution is 2.54. The highest BCUT2D eigenvalue weighted by molar-refractivity contribution is 7.99. The molecule has 2 aliphatic carbocycles. The number of nitrogens with one attached hydrogen (secondary N) is 2. The van der Waals surface area contributed by atoms with Crippen LogP contribution in [0.15, 0.2) is 30.5 Å². The molecule has 1 aromatic carbocycles. The molecule has 2 heterocycles. The third-order valence-corrected chi connectivity index (χ3v) is 8.17. The minimum absolute atomic E-state index is 0.0499. The Balaban J connectivity index is 1.53. The number of anilines is 3. The third kappa shape index (κ3) is 4.02. The maximum absolute atomic E-state index is 14.6. The number of nitrogens with two attached hydrogens (primary N) is 1. The van der Waals surface area contributed by atoms with Gasteiger partial charge in [-0.1, -0.05) is 12.1 Å². The molecule has 0 saturated heterocycles. The summed E-state index contributed by atoms with van der Waals surface area (Å²) in [7, 11) is 0. The quantitative estimate of drug-likeness (QED) is 0.550. The van der Waals surface area contributed by atoms with Crippen LogP contribution in [-0.2, 0) is 9.53 Å². The van der Waals surface area contributed by atoms with E-state index in [9.17, 15) is 14.3 Å². The molecule has 1 aromatic heterocycles. The fourth-order valence-corrected chi connectivity index (χ4v) is 7.00. The molecule has 6 unspecified atom stereocenters. The van der Waals surface area contributed by atoms with Gasteiger partial charge in [0.2, 0.25) is 11.9 Å². The lowest BCUT2D eigenvalue weighted by molar-refractivity contribution is -0.123. The minimum Gasteiger partial charge on any atom is -0.394 e. The molecule has 5 rings (SSSR count). The van der Waals surface area contributed by atoms with E-state index in [4.69, 9.17) is 10.5 Å². The smallest absolute Gasteiger partial charge is 0.229 e. The minimum atomic E-state index is -0.566. The molecule has 8 nitrogen and oxygen atoms in total. The number of fused-ring (bicyclic) bond motifs is 5. The van der Waals surface area contributed by atoms with Crippen molar-refractivity contribution in [3.05, 3.63) is 41.8 Å². The van der Waals surface area contributed by atoms with E-state index in [-0.39, 0.29) is 60.8 Å². The Hall–Kier alpha value is -2.43. The highest BCUT2D eigenvalue weighted by atomic mass is 32.2. The van der Waals surface area contributed by atoms with Gasteiger partial charge >= 0.3 is 0 Å². The van der Waals surface area contributed by atoms with Gasteiger partial charge in [-0.15, -0.1) is 0 Å². The number of nitrogens with zero attached hydrogens (tertiary/aromatic N) is 2. The van der Waals surface area contributed by atoms with Gasteiger partial charge in [-0.25, -0.2) is 9.37 Å². The van der Waals surface area contributed by atoms with E-state index in [1.807, 2.05) is 36.0 Å². The summed E-state index contributed by atoms with van der Waals surface area (Å²) in [5.74, 6) is 0.0963. The molecule has 2 aromatic rings. The monoisotopic (exact) mass is 459 g/mol. The first-order chi connectivity index (χ1) is 15.5. The molecule has 32 heavy (non-hydrogen) atoms. The number of aromatic nitrogens is 2. The third-order valence-electron chi connectivity index (χ3n) is 6.71. The fourth-order valence-electron chi connectivity index (χ4n) is 5.38. The van der Waals surface area contributed by atoms with Gasteiger partial charge < -0.3 is 26.2 Å². The van der Waals surface area contributed by atoms with Crippen molar-refractivity contribution in [2.45, 2.75) is 30.2 Å². The molecule has 10 heteroatoms. The van der Waals surface area contributed by atoms with Crippen molar-refractivity contribution in [3.63, 3.8) is 0 Å². The normalized spacial score (nSPS) is 30.8. The average Bonchev–Trinajstić information content (AvgIpc) is 3.34. The Labute approximate surface area is 189 Å². The number of hydrogen-bond donors (Lipinski definition) is 4. The number of carbonyl (C=O) groups excluding carboxylic acids is 1. The summed E-state index contributed by atoms with van der Waals surface area (Å²) in [5.41, 5.74) is 7.47. The largest absolute Gasteiger partial charge is 0.394 e. The zero-order valence-electron chi connectivity index (χ0n) is 17.4. The number of halogens is 1. The van der Waals surface area contributed by atoms with E-state index in [1.54, 1.807) is 0 Å². The van der Waals surface area contributed by atoms with Gasteiger partial charge in [0.15, 0.2) is 11.6 Å². The van der Waals surface area contributed by atoms with Crippen LogP contribution in [0.25, 0.3) is 0 Å². The number of aliphatic hydroxyl groups is 1. The van der Waals surface area contributed by atoms with Crippen LogP contribution in [0.5, 0.6) is 0 Å². The first-order valence-electron chi connectivity index (χ1n) is 10.8. The summed E-state index contributed by atoms with van der Waals surface area (Å²) in [4.78, 5) is 20.7. The maximum atomic E-state index is 14.6. The first kappa shape index (κ1) is 21.4. The second-order valence-corrected chi connectivity index (χ2v) is 9.86. The molecule has 0 spiro atoms. The van der Waals surface area contributed by atoms with Crippen molar-refractivity contribution in [1.29, 1.82) is 0 Å². The summed E-state index contributed by atoms with van der Waals surface area (Å²) in [6.45, 7) is 0.198. The molecule has 170 valence electrons. The zero-order chi connectivity index (χ0) is 22.2. The molecule has 0 radical (unpaired) electrons. The lowest BCUT2D eigenvalue weighted by Crippen LogP contribution is -2.46.